The maximum absolute atomic E-state index is 8.88. The van der Waals surface area contributed by atoms with E-state index in [0.29, 0.717) is 0 Å². The number of hydrogen-bond acceptors (Lipinski definition) is 5. The van der Waals surface area contributed by atoms with Crippen LogP contribution in [0.4, 0.5) is 0 Å². The monoisotopic (exact) mass is 397 g/mol. The molecule has 0 saturated carbocycles. The zero-order valence-electron chi connectivity index (χ0n) is 10.3. The van der Waals surface area contributed by atoms with Gasteiger partial charge in [-0.2, -0.15) is 11.8 Å². The Morgan fingerprint density at radius 1 is 0.619 bits per heavy atom. The van der Waals surface area contributed by atoms with Crippen molar-refractivity contribution in [3.05, 3.63) is 0 Å². The summed E-state index contributed by atoms with van der Waals surface area (Å²) in [6, 6.07) is 0. The average Bonchev–Trinajstić information content (AvgIpc) is 2.12. The maximum atomic E-state index is 8.88. The van der Waals surface area contributed by atoms with Crippen LogP contribution in [0.1, 0.15) is 0 Å². The van der Waals surface area contributed by atoms with E-state index in [0.717, 1.165) is 0 Å². The van der Waals surface area contributed by atoms with Gasteiger partial charge in [-0.05, 0) is 0 Å². The van der Waals surface area contributed by atoms with Gasteiger partial charge in [0.2, 0.25) is 0 Å². The lowest BCUT2D eigenvalue weighted by Crippen LogP contribution is -2.24. The summed E-state index contributed by atoms with van der Waals surface area (Å²) < 4.78 is 26.6. The summed E-state index contributed by atoms with van der Waals surface area (Å²) in [5, 5.41) is 3.26. The second kappa shape index (κ2) is 13.1. The lowest BCUT2D eigenvalue weighted by atomic mass is 10.6. The largest absolute Gasteiger partial charge is 0.466 e. The van der Waals surface area contributed by atoms with Crippen LogP contribution in [0, 0.1) is 0 Å². The molecule has 0 aromatic rings. The fourth-order valence-electron chi connectivity index (χ4n) is 0.516. The molecule has 1 rings (SSSR count). The molecule has 0 aromatic carbocycles. The van der Waals surface area contributed by atoms with Crippen LogP contribution in [-0.2, 0) is 13.7 Å². The van der Waals surface area contributed by atoms with Gasteiger partial charge in [0.25, 0.3) is 0 Å². The molecule has 0 unspecified atom stereocenters. The Labute approximate surface area is 123 Å². The Kier molecular flexibility index (Phi) is 16.6. The van der Waals surface area contributed by atoms with E-state index in [-0.39, 0.29) is 0 Å². The van der Waals surface area contributed by atoms with Gasteiger partial charge < -0.3 is 49.4 Å². The average molecular weight is 397 g/mol. The summed E-state index contributed by atoms with van der Waals surface area (Å²) in [5.41, 5.74) is 0. The van der Waals surface area contributed by atoms with Crippen molar-refractivity contribution in [1.29, 1.82) is 0 Å². The van der Waals surface area contributed by atoms with Gasteiger partial charge in [0.05, 0.1) is 0 Å². The Morgan fingerprint density at radius 2 is 0.810 bits per heavy atom. The van der Waals surface area contributed by atoms with Gasteiger partial charge in [-0.1, -0.05) is 0 Å². The smallest absolute Gasteiger partial charge is 0.315 e. The second-order valence-electron chi connectivity index (χ2n) is 2.90. The fraction of sp³-hybridized carbons (Fsp3) is 1.00. The zero-order chi connectivity index (χ0) is 17.7. The molecule has 1 fully saturated rings. The highest BCUT2D eigenvalue weighted by atomic mass is 32.2. The molecule has 0 aliphatic carbocycles. The first-order valence-electron chi connectivity index (χ1n) is 4.63. The van der Waals surface area contributed by atoms with E-state index in [2.05, 4.69) is 5.32 Å². The highest BCUT2D eigenvalue weighted by molar-refractivity contribution is 7.99. The molecule has 0 amide bonds. The summed E-state index contributed by atoms with van der Waals surface area (Å²) in [4.78, 5) is 64.7. The number of rotatable bonds is 0. The van der Waals surface area contributed by atoms with Crippen LogP contribution in [0.15, 0.2) is 0 Å². The standard InChI is InChI=1S/C4H9NS.3H3O4P/c1-3-6-4-2-5-1;3*1-5(2,3)4/h5H,1-4H2;3*(H3,1,2,3,4). The van der Waals surface area contributed by atoms with Gasteiger partial charge in [-0.3, -0.25) is 0 Å². The third-order valence-corrected chi connectivity index (χ3v) is 1.83. The molecule has 17 heteroatoms. The molecule has 132 valence electrons. The summed E-state index contributed by atoms with van der Waals surface area (Å²) in [6.45, 7) is 2.43. The Balaban J connectivity index is -0.000000207. The van der Waals surface area contributed by atoms with Crippen LogP contribution in [0.3, 0.4) is 0 Å². The molecule has 21 heavy (non-hydrogen) atoms. The van der Waals surface area contributed by atoms with Gasteiger partial charge >= 0.3 is 23.5 Å². The SMILES string of the molecule is C1CSCCN1.O=P(O)(O)O.O=P(O)(O)O.O=P(O)(O)O. The van der Waals surface area contributed by atoms with Crippen molar-refractivity contribution in [2.24, 2.45) is 0 Å². The van der Waals surface area contributed by atoms with Gasteiger partial charge in [-0.15, -0.1) is 0 Å². The van der Waals surface area contributed by atoms with Crippen LogP contribution in [0.25, 0.3) is 0 Å². The first-order valence-corrected chi connectivity index (χ1v) is 10.5. The maximum Gasteiger partial charge on any atom is 0.466 e. The van der Waals surface area contributed by atoms with Crippen LogP contribution >= 0.6 is 35.2 Å². The lowest BCUT2D eigenvalue weighted by Gasteiger charge is -2.08. The minimum absolute atomic E-state index is 1.21. The molecule has 1 heterocycles. The van der Waals surface area contributed by atoms with Gasteiger partial charge in [0, 0.05) is 24.6 Å². The van der Waals surface area contributed by atoms with E-state index in [1.54, 1.807) is 0 Å². The predicted octanol–water partition coefficient (Wildman–Crippen LogP) is -2.46. The molecule has 0 spiro atoms. The van der Waals surface area contributed by atoms with E-state index in [1.165, 1.54) is 24.6 Å². The first kappa shape index (κ1) is 26.5. The third-order valence-electron chi connectivity index (χ3n) is 0.846. The van der Waals surface area contributed by atoms with Crippen molar-refractivity contribution >= 4 is 35.2 Å². The van der Waals surface area contributed by atoms with E-state index >= 15 is 0 Å². The third kappa shape index (κ3) is 163. The molecule has 13 nitrogen and oxygen atoms in total. The van der Waals surface area contributed by atoms with Crippen molar-refractivity contribution < 1.29 is 57.7 Å². The van der Waals surface area contributed by atoms with Crippen molar-refractivity contribution in [2.75, 3.05) is 24.6 Å². The molecule has 1 aliphatic heterocycles. The molecular weight excluding hydrogens is 379 g/mol. The number of phosphoric acid groups is 3. The topological polar surface area (TPSA) is 245 Å². The number of nitrogens with one attached hydrogen (secondary N) is 1. The van der Waals surface area contributed by atoms with E-state index in [4.69, 9.17) is 57.7 Å². The molecular formula is C4H18NO12P3S. The van der Waals surface area contributed by atoms with Crippen molar-refractivity contribution in [1.82, 2.24) is 5.32 Å². The highest BCUT2D eigenvalue weighted by Gasteiger charge is 2.01. The Hall–Kier alpha value is 0.640. The van der Waals surface area contributed by atoms with Crippen LogP contribution in [0.2, 0.25) is 0 Å². The van der Waals surface area contributed by atoms with E-state index in [9.17, 15) is 0 Å². The number of thioether (sulfide) groups is 1. The van der Waals surface area contributed by atoms with E-state index in [1.807, 2.05) is 11.8 Å². The van der Waals surface area contributed by atoms with Gasteiger partial charge in [0.1, 0.15) is 0 Å². The normalized spacial score (nSPS) is 15.3. The summed E-state index contributed by atoms with van der Waals surface area (Å²) in [7, 11) is -13.9. The van der Waals surface area contributed by atoms with Crippen LogP contribution < -0.4 is 5.32 Å². The molecule has 0 radical (unpaired) electrons. The lowest BCUT2D eigenvalue weighted by molar-refractivity contribution is 0.272. The zero-order valence-corrected chi connectivity index (χ0v) is 13.8. The molecule has 0 atom stereocenters. The van der Waals surface area contributed by atoms with Crippen molar-refractivity contribution in [2.45, 2.75) is 0 Å². The minimum Gasteiger partial charge on any atom is -0.315 e. The quantitative estimate of drug-likeness (QED) is 0.190. The first-order chi connectivity index (χ1) is 9.00. The molecule has 1 aliphatic rings. The predicted molar refractivity (Wildman–Crippen MR) is 73.0 cm³/mol. The fourth-order valence-corrected chi connectivity index (χ4v) is 1.30. The minimum atomic E-state index is -4.64. The van der Waals surface area contributed by atoms with Gasteiger partial charge in [-0.25, -0.2) is 13.7 Å². The van der Waals surface area contributed by atoms with Crippen LogP contribution in [-0.4, -0.2) is 68.6 Å². The van der Waals surface area contributed by atoms with Crippen molar-refractivity contribution in [3.63, 3.8) is 0 Å². The molecule has 10 N–H and O–H groups in total. The Bertz CT molecular complexity index is 285. The summed E-state index contributed by atoms with van der Waals surface area (Å²) in [6.07, 6.45) is 0. The molecule has 0 aromatic heterocycles. The van der Waals surface area contributed by atoms with Crippen molar-refractivity contribution in [3.8, 4) is 0 Å². The van der Waals surface area contributed by atoms with Crippen LogP contribution in [0.5, 0.6) is 0 Å². The summed E-state index contributed by atoms with van der Waals surface area (Å²) >= 11 is 2.03. The summed E-state index contributed by atoms with van der Waals surface area (Å²) in [5.74, 6) is 2.61. The molecule has 0 bridgehead atoms. The van der Waals surface area contributed by atoms with Gasteiger partial charge in [0.15, 0.2) is 0 Å². The number of hydrogen-bond donors (Lipinski definition) is 10. The second-order valence-corrected chi connectivity index (χ2v) is 7.21. The highest BCUT2D eigenvalue weighted by Crippen LogP contribution is 2.26. The Morgan fingerprint density at radius 3 is 0.857 bits per heavy atom. The molecule has 1 saturated heterocycles. The van der Waals surface area contributed by atoms with E-state index < -0.39 is 23.5 Å².